The summed E-state index contributed by atoms with van der Waals surface area (Å²) in [6.45, 7) is 1.58. The molecule has 0 rings (SSSR count). The Bertz CT molecular complexity index is 273. The Labute approximate surface area is 128 Å². The molecule has 124 valence electrons. The van der Waals surface area contributed by atoms with Gasteiger partial charge in [-0.25, -0.2) is 4.79 Å². The van der Waals surface area contributed by atoms with E-state index in [0.717, 1.165) is 32.2 Å². The van der Waals surface area contributed by atoms with Crippen LogP contribution in [0.2, 0.25) is 0 Å². The van der Waals surface area contributed by atoms with Gasteiger partial charge < -0.3 is 21.1 Å². The predicted octanol–water partition coefficient (Wildman–Crippen LogP) is 1.93. The van der Waals surface area contributed by atoms with Crippen molar-refractivity contribution in [1.82, 2.24) is 10.6 Å². The van der Waals surface area contributed by atoms with Gasteiger partial charge in [0.25, 0.3) is 0 Å². The Morgan fingerprint density at radius 1 is 0.810 bits per heavy atom. The van der Waals surface area contributed by atoms with E-state index in [0.29, 0.717) is 6.54 Å². The van der Waals surface area contributed by atoms with E-state index in [4.69, 9.17) is 10.5 Å². The third-order valence-electron chi connectivity index (χ3n) is 3.25. The molecule has 4 N–H and O–H groups in total. The molecule has 6 heteroatoms. The quantitative estimate of drug-likeness (QED) is 0.428. The van der Waals surface area contributed by atoms with Crippen LogP contribution >= 0.6 is 0 Å². The molecule has 0 fully saturated rings. The topological polar surface area (TPSA) is 93.4 Å². The fraction of sp³-hybridized carbons (Fsp3) is 0.867. The summed E-state index contributed by atoms with van der Waals surface area (Å²) < 4.78 is 4.73. The van der Waals surface area contributed by atoms with Crippen molar-refractivity contribution in [3.05, 3.63) is 0 Å². The number of unbranched alkanes of at least 4 members (excludes halogenated alkanes) is 8. The highest BCUT2D eigenvalue weighted by Crippen LogP contribution is 2.09. The molecule has 0 unspecified atom stereocenters. The van der Waals surface area contributed by atoms with Crippen molar-refractivity contribution in [2.24, 2.45) is 5.73 Å². The van der Waals surface area contributed by atoms with Gasteiger partial charge >= 0.3 is 6.03 Å². The van der Waals surface area contributed by atoms with Gasteiger partial charge in [-0.2, -0.15) is 0 Å². The number of amides is 3. The molecule has 6 nitrogen and oxygen atoms in total. The molecule has 0 aliphatic carbocycles. The second-order valence-corrected chi connectivity index (χ2v) is 5.26. The number of nitrogens with two attached hydrogens (primary N) is 1. The Morgan fingerprint density at radius 2 is 1.24 bits per heavy atom. The average Bonchev–Trinajstić information content (AvgIpc) is 2.44. The lowest BCUT2D eigenvalue weighted by Gasteiger charge is -2.05. The minimum atomic E-state index is -0.437. The van der Waals surface area contributed by atoms with Crippen LogP contribution in [0, 0.1) is 0 Å². The van der Waals surface area contributed by atoms with Gasteiger partial charge in [-0.3, -0.25) is 4.79 Å². The molecule has 0 aliphatic heterocycles. The molecule has 0 saturated carbocycles. The third kappa shape index (κ3) is 16.6. The van der Waals surface area contributed by atoms with E-state index in [1.165, 1.54) is 39.2 Å². The third-order valence-corrected chi connectivity index (χ3v) is 3.25. The summed E-state index contributed by atoms with van der Waals surface area (Å²) in [6, 6.07) is -0.437. The summed E-state index contributed by atoms with van der Waals surface area (Å²) in [6.07, 6.45) is 10.6. The van der Waals surface area contributed by atoms with Crippen LogP contribution in [-0.4, -0.2) is 38.7 Å². The Hall–Kier alpha value is -1.30. The van der Waals surface area contributed by atoms with Crippen LogP contribution in [0.15, 0.2) is 0 Å². The number of hydrogen-bond donors (Lipinski definition) is 3. The van der Waals surface area contributed by atoms with Crippen molar-refractivity contribution >= 4 is 11.9 Å². The Kier molecular flexibility index (Phi) is 14.2. The van der Waals surface area contributed by atoms with E-state index in [1.54, 1.807) is 0 Å². The first kappa shape index (κ1) is 19.7. The number of carbonyl (C=O) groups is 2. The number of hydrogen-bond acceptors (Lipinski definition) is 3. The van der Waals surface area contributed by atoms with Gasteiger partial charge in [0, 0.05) is 20.2 Å². The van der Waals surface area contributed by atoms with Crippen molar-refractivity contribution in [2.75, 3.05) is 26.8 Å². The largest absolute Gasteiger partial charge is 0.375 e. The molecule has 0 aromatic heterocycles. The first-order chi connectivity index (χ1) is 10.2. The molecule has 0 radical (unpaired) electrons. The highest BCUT2D eigenvalue weighted by molar-refractivity contribution is 5.77. The van der Waals surface area contributed by atoms with Crippen LogP contribution in [0.1, 0.15) is 57.8 Å². The standard InChI is InChI=1S/C15H31N3O3/c1-21-13-14(19)17-11-9-7-5-3-2-4-6-8-10-12-18-15(16)20/h2-13H2,1H3,(H,17,19)(H3,16,18,20). The molecular formula is C15H31N3O3. The molecule has 0 aliphatic rings. The van der Waals surface area contributed by atoms with Crippen molar-refractivity contribution < 1.29 is 14.3 Å². The van der Waals surface area contributed by atoms with Crippen molar-refractivity contribution in [1.29, 1.82) is 0 Å². The first-order valence-electron chi connectivity index (χ1n) is 7.95. The lowest BCUT2D eigenvalue weighted by atomic mass is 10.1. The van der Waals surface area contributed by atoms with Gasteiger partial charge in [-0.05, 0) is 12.8 Å². The maximum absolute atomic E-state index is 11.1. The van der Waals surface area contributed by atoms with E-state index < -0.39 is 6.03 Å². The van der Waals surface area contributed by atoms with Crippen molar-refractivity contribution in [2.45, 2.75) is 57.8 Å². The Balaban J connectivity index is 3.06. The number of primary amides is 1. The zero-order valence-electron chi connectivity index (χ0n) is 13.3. The zero-order chi connectivity index (χ0) is 15.8. The summed E-state index contributed by atoms with van der Waals surface area (Å²) in [5.41, 5.74) is 4.98. The molecule has 0 bridgehead atoms. The smallest absolute Gasteiger partial charge is 0.312 e. The molecule has 0 spiro atoms. The van der Waals surface area contributed by atoms with Crippen LogP contribution < -0.4 is 16.4 Å². The number of nitrogens with one attached hydrogen (secondary N) is 2. The average molecular weight is 301 g/mol. The van der Waals surface area contributed by atoms with Crippen LogP contribution in [0.25, 0.3) is 0 Å². The summed E-state index contributed by atoms with van der Waals surface area (Å²) in [5.74, 6) is -0.0386. The maximum Gasteiger partial charge on any atom is 0.312 e. The van der Waals surface area contributed by atoms with Gasteiger partial charge in [0.1, 0.15) is 6.61 Å². The molecule has 0 aromatic rings. The van der Waals surface area contributed by atoms with Crippen LogP contribution in [0.3, 0.4) is 0 Å². The number of ether oxygens (including phenoxy) is 1. The lowest BCUT2D eigenvalue weighted by Crippen LogP contribution is -2.29. The number of methoxy groups -OCH3 is 1. The molecule has 0 heterocycles. The van der Waals surface area contributed by atoms with E-state index in [9.17, 15) is 9.59 Å². The molecular weight excluding hydrogens is 270 g/mol. The first-order valence-corrected chi connectivity index (χ1v) is 7.95. The van der Waals surface area contributed by atoms with Gasteiger partial charge in [0.2, 0.25) is 5.91 Å². The molecule has 0 atom stereocenters. The van der Waals surface area contributed by atoms with Gasteiger partial charge in [0.05, 0.1) is 0 Å². The predicted molar refractivity (Wildman–Crippen MR) is 84.0 cm³/mol. The SMILES string of the molecule is COCC(=O)NCCCCCCCCCCCNC(N)=O. The van der Waals surface area contributed by atoms with Gasteiger partial charge in [-0.15, -0.1) is 0 Å². The van der Waals surface area contributed by atoms with Crippen LogP contribution in [0.4, 0.5) is 4.79 Å². The summed E-state index contributed by atoms with van der Waals surface area (Å²) in [7, 11) is 1.52. The lowest BCUT2D eigenvalue weighted by molar-refractivity contribution is -0.124. The van der Waals surface area contributed by atoms with Gasteiger partial charge in [-0.1, -0.05) is 44.9 Å². The highest BCUT2D eigenvalue weighted by atomic mass is 16.5. The normalized spacial score (nSPS) is 10.3. The van der Waals surface area contributed by atoms with Crippen molar-refractivity contribution in [3.63, 3.8) is 0 Å². The molecule has 0 saturated heterocycles. The molecule has 0 aromatic carbocycles. The van der Waals surface area contributed by atoms with Crippen LogP contribution in [0.5, 0.6) is 0 Å². The van der Waals surface area contributed by atoms with Crippen molar-refractivity contribution in [3.8, 4) is 0 Å². The van der Waals surface area contributed by atoms with Crippen LogP contribution in [-0.2, 0) is 9.53 Å². The van der Waals surface area contributed by atoms with E-state index in [1.807, 2.05) is 0 Å². The molecule has 21 heavy (non-hydrogen) atoms. The minimum absolute atomic E-state index is 0.0386. The molecule has 3 amide bonds. The fourth-order valence-corrected chi connectivity index (χ4v) is 2.11. The summed E-state index contributed by atoms with van der Waals surface area (Å²) in [5, 5.41) is 5.41. The van der Waals surface area contributed by atoms with E-state index in [-0.39, 0.29) is 12.5 Å². The van der Waals surface area contributed by atoms with E-state index >= 15 is 0 Å². The number of urea groups is 1. The highest BCUT2D eigenvalue weighted by Gasteiger charge is 1.98. The van der Waals surface area contributed by atoms with Gasteiger partial charge in [0.15, 0.2) is 0 Å². The fourth-order valence-electron chi connectivity index (χ4n) is 2.11. The monoisotopic (exact) mass is 301 g/mol. The second kappa shape index (κ2) is 15.1. The summed E-state index contributed by atoms with van der Waals surface area (Å²) >= 11 is 0. The minimum Gasteiger partial charge on any atom is -0.375 e. The second-order valence-electron chi connectivity index (χ2n) is 5.26. The number of carbonyl (C=O) groups excluding carboxylic acids is 2. The Morgan fingerprint density at radius 3 is 1.67 bits per heavy atom. The van der Waals surface area contributed by atoms with E-state index in [2.05, 4.69) is 10.6 Å². The maximum atomic E-state index is 11.1. The zero-order valence-corrected chi connectivity index (χ0v) is 13.3. The number of rotatable bonds is 14. The summed E-state index contributed by atoms with van der Waals surface area (Å²) in [4.78, 5) is 21.5.